The van der Waals surface area contributed by atoms with Crippen molar-refractivity contribution < 1.29 is 28.9 Å². The zero-order valence-corrected chi connectivity index (χ0v) is 21.3. The highest BCUT2D eigenvalue weighted by Gasteiger charge is 2.45. The normalized spacial score (nSPS) is 22.7. The third-order valence-electron chi connectivity index (χ3n) is 7.28. The van der Waals surface area contributed by atoms with Gasteiger partial charge >= 0.3 is 0 Å². The highest BCUT2D eigenvalue weighted by molar-refractivity contribution is 6.35. The number of carbonyl (C=O) groups is 2. The summed E-state index contributed by atoms with van der Waals surface area (Å²) in [7, 11) is 0. The maximum Gasteiger partial charge on any atom is 0.261 e. The van der Waals surface area contributed by atoms with Crippen LogP contribution in [0.5, 0.6) is 11.5 Å². The molecule has 2 N–H and O–H groups in total. The van der Waals surface area contributed by atoms with Gasteiger partial charge in [-0.1, -0.05) is 24.2 Å². The van der Waals surface area contributed by atoms with Gasteiger partial charge in [-0.25, -0.2) is 9.37 Å². The Balaban J connectivity index is 1.70. The molecule has 3 aliphatic rings. The molecular formula is C26H28ClFN4O5. The molecule has 11 heteroatoms. The van der Waals surface area contributed by atoms with Crippen molar-refractivity contribution in [2.75, 3.05) is 37.7 Å². The number of rotatable bonds is 3. The number of piperazine rings is 1. The largest absolute Gasteiger partial charge is 0.507 e. The van der Waals surface area contributed by atoms with Crippen LogP contribution in [0.4, 0.5) is 10.2 Å². The number of anilines is 1. The minimum absolute atomic E-state index is 0.0301. The Morgan fingerprint density at radius 1 is 1.30 bits per heavy atom. The molecule has 37 heavy (non-hydrogen) atoms. The van der Waals surface area contributed by atoms with Crippen LogP contribution in [-0.2, 0) is 4.79 Å². The average Bonchev–Trinajstić information content (AvgIpc) is 3.04. The smallest absolute Gasteiger partial charge is 0.261 e. The zero-order valence-electron chi connectivity index (χ0n) is 20.6. The number of phenolic OH excluding ortho intramolecular Hbond substituents is 1. The number of halogens is 2. The number of amides is 2. The van der Waals surface area contributed by atoms with Gasteiger partial charge in [0.15, 0.2) is 5.75 Å². The van der Waals surface area contributed by atoms with Gasteiger partial charge in [-0.2, -0.15) is 0 Å². The average molecular weight is 531 g/mol. The van der Waals surface area contributed by atoms with Crippen LogP contribution in [0, 0.1) is 5.82 Å². The summed E-state index contributed by atoms with van der Waals surface area (Å²) in [5, 5.41) is 20.9. The van der Waals surface area contributed by atoms with Crippen LogP contribution in [0.3, 0.4) is 0 Å². The molecule has 3 aliphatic heterocycles. The maximum atomic E-state index is 14.9. The van der Waals surface area contributed by atoms with Crippen LogP contribution in [0.15, 0.2) is 30.9 Å². The summed E-state index contributed by atoms with van der Waals surface area (Å²) in [6.07, 6.45) is 0.986. The minimum atomic E-state index is -0.739. The Labute approximate surface area is 218 Å². The number of aromatic nitrogens is 1. The molecule has 1 aromatic heterocycles. The highest BCUT2D eigenvalue weighted by atomic mass is 35.5. The molecule has 0 aliphatic carbocycles. The van der Waals surface area contributed by atoms with E-state index in [-0.39, 0.29) is 77.2 Å². The summed E-state index contributed by atoms with van der Waals surface area (Å²) >= 11 is 6.74. The molecule has 1 unspecified atom stereocenters. The van der Waals surface area contributed by atoms with Crippen molar-refractivity contribution in [1.29, 1.82) is 0 Å². The lowest BCUT2D eigenvalue weighted by molar-refractivity contribution is -0.128. The summed E-state index contributed by atoms with van der Waals surface area (Å²) in [5.41, 5.74) is -0.768. The van der Waals surface area contributed by atoms with E-state index in [1.165, 1.54) is 24.3 Å². The predicted octanol–water partition coefficient (Wildman–Crippen LogP) is 2.83. The van der Waals surface area contributed by atoms with Gasteiger partial charge < -0.3 is 29.6 Å². The quantitative estimate of drug-likeness (QED) is 0.588. The zero-order chi connectivity index (χ0) is 26.6. The fraction of sp³-hybridized carbons (Fsp3) is 0.423. The van der Waals surface area contributed by atoms with Crippen molar-refractivity contribution in [2.45, 2.75) is 38.0 Å². The van der Waals surface area contributed by atoms with E-state index < -0.39 is 23.5 Å². The van der Waals surface area contributed by atoms with Crippen molar-refractivity contribution in [3.05, 3.63) is 47.3 Å². The second kappa shape index (κ2) is 9.18. The van der Waals surface area contributed by atoms with Crippen LogP contribution in [-0.4, -0.2) is 87.3 Å². The van der Waals surface area contributed by atoms with Gasteiger partial charge in [0.05, 0.1) is 17.7 Å². The number of β-amino-alcohol motifs (C(OH)–C–C–N with tert-alkyl or cyclic N) is 1. The number of hydrogen-bond acceptors (Lipinski definition) is 7. The number of carbonyl (C=O) groups excluding carboxylic acids is 2. The minimum Gasteiger partial charge on any atom is -0.507 e. The number of phenols is 1. The first-order chi connectivity index (χ1) is 17.5. The van der Waals surface area contributed by atoms with Crippen LogP contribution in [0.1, 0.15) is 30.6 Å². The second-order valence-electron chi connectivity index (χ2n) is 10.2. The summed E-state index contributed by atoms with van der Waals surface area (Å²) in [6, 6.07) is 3.41. The molecule has 196 valence electrons. The summed E-state index contributed by atoms with van der Waals surface area (Å²) in [4.78, 5) is 35.9. The molecule has 0 radical (unpaired) electrons. The molecule has 5 rings (SSSR count). The second-order valence-corrected chi connectivity index (χ2v) is 10.5. The lowest BCUT2D eigenvalue weighted by Gasteiger charge is -2.40. The Morgan fingerprint density at radius 2 is 2.05 bits per heavy atom. The van der Waals surface area contributed by atoms with E-state index in [0.29, 0.717) is 13.0 Å². The van der Waals surface area contributed by atoms with Crippen LogP contribution in [0.2, 0.25) is 5.02 Å². The number of aliphatic hydroxyl groups is 1. The Kier molecular flexibility index (Phi) is 6.27. The molecule has 2 fully saturated rings. The standard InChI is InChI=1S/C26H28ClFN4O5/c1-4-18(35)30-8-9-31-14(11-30)13-37-23-20(25(31)36)24(32-12-15(33)10-26(32,2)3)29-22(21(23)27)19-16(28)6-5-7-17(19)34/h4-7,14-15,33-34H,1,8-13H2,2-3H3/t14?,15-/m1/s1. The number of nitrogens with zero attached hydrogens (tertiary/aromatic N) is 4. The third kappa shape index (κ3) is 4.18. The first-order valence-electron chi connectivity index (χ1n) is 12.1. The van der Waals surface area contributed by atoms with Crippen molar-refractivity contribution in [2.24, 2.45) is 0 Å². The number of fused-ring (bicyclic) bond motifs is 2. The molecule has 1 aromatic carbocycles. The Hall–Kier alpha value is -3.37. The number of aromatic hydroxyl groups is 1. The van der Waals surface area contributed by atoms with Gasteiger partial charge in [-0.05, 0) is 38.5 Å². The van der Waals surface area contributed by atoms with E-state index in [9.17, 15) is 24.2 Å². The van der Waals surface area contributed by atoms with Gasteiger partial charge in [0.1, 0.15) is 40.3 Å². The molecule has 0 spiro atoms. The first kappa shape index (κ1) is 25.3. The molecular weight excluding hydrogens is 503 g/mol. The van der Waals surface area contributed by atoms with E-state index in [1.807, 2.05) is 13.8 Å². The lowest BCUT2D eigenvalue weighted by Crippen LogP contribution is -2.57. The van der Waals surface area contributed by atoms with Crippen LogP contribution >= 0.6 is 11.6 Å². The van der Waals surface area contributed by atoms with E-state index in [4.69, 9.17) is 16.3 Å². The molecule has 0 saturated carbocycles. The van der Waals surface area contributed by atoms with Gasteiger partial charge in [0, 0.05) is 31.7 Å². The fourth-order valence-electron chi connectivity index (χ4n) is 5.47. The summed E-state index contributed by atoms with van der Waals surface area (Å²) < 4.78 is 21.1. The predicted molar refractivity (Wildman–Crippen MR) is 135 cm³/mol. The van der Waals surface area contributed by atoms with Gasteiger partial charge in [0.25, 0.3) is 5.91 Å². The molecule has 9 nitrogen and oxygen atoms in total. The molecule has 2 atom stereocenters. The number of pyridine rings is 1. The van der Waals surface area contributed by atoms with Gasteiger partial charge in [0.2, 0.25) is 5.91 Å². The Morgan fingerprint density at radius 3 is 2.70 bits per heavy atom. The van der Waals surface area contributed by atoms with E-state index in [0.717, 1.165) is 0 Å². The lowest BCUT2D eigenvalue weighted by atomic mass is 10.00. The van der Waals surface area contributed by atoms with E-state index in [2.05, 4.69) is 11.6 Å². The highest BCUT2D eigenvalue weighted by Crippen LogP contribution is 2.48. The van der Waals surface area contributed by atoms with Crippen molar-refractivity contribution in [1.82, 2.24) is 14.8 Å². The van der Waals surface area contributed by atoms with Gasteiger partial charge in [-0.15, -0.1) is 0 Å². The van der Waals surface area contributed by atoms with E-state index in [1.54, 1.807) is 14.7 Å². The van der Waals surface area contributed by atoms with Crippen LogP contribution < -0.4 is 9.64 Å². The third-order valence-corrected chi connectivity index (χ3v) is 7.63. The monoisotopic (exact) mass is 530 g/mol. The van der Waals surface area contributed by atoms with Crippen LogP contribution in [0.25, 0.3) is 11.3 Å². The van der Waals surface area contributed by atoms with Crippen molar-refractivity contribution in [3.8, 4) is 22.8 Å². The summed E-state index contributed by atoms with van der Waals surface area (Å²) in [5.74, 6) is -1.50. The number of hydrogen-bond donors (Lipinski definition) is 2. The van der Waals surface area contributed by atoms with Crippen molar-refractivity contribution >= 4 is 29.2 Å². The van der Waals surface area contributed by atoms with E-state index >= 15 is 0 Å². The van der Waals surface area contributed by atoms with Crippen molar-refractivity contribution in [3.63, 3.8) is 0 Å². The topological polar surface area (TPSA) is 106 Å². The first-order valence-corrected chi connectivity index (χ1v) is 12.4. The summed E-state index contributed by atoms with van der Waals surface area (Å²) in [6.45, 7) is 8.44. The maximum absolute atomic E-state index is 14.9. The SMILES string of the molecule is C=CC(=O)N1CCN2C(=O)c3c(N4C[C@H](O)CC4(C)C)nc(-c4c(O)cccc4F)c(Cl)c3OCC2C1. The molecule has 2 amide bonds. The molecule has 2 aromatic rings. The number of aliphatic hydroxyl groups excluding tert-OH is 1. The van der Waals surface area contributed by atoms with Gasteiger partial charge in [-0.3, -0.25) is 9.59 Å². The fourth-order valence-corrected chi connectivity index (χ4v) is 5.75. The number of benzene rings is 1. The molecule has 4 heterocycles. The molecule has 0 bridgehead atoms. The Bertz CT molecular complexity index is 1280. The number of ether oxygens (including phenoxy) is 1. The molecule has 2 saturated heterocycles.